The molecule has 5 aromatic rings. The number of nitrogens with one attached hydrogen (secondary N) is 2. The van der Waals surface area contributed by atoms with E-state index in [2.05, 4.69) is 27.8 Å². The van der Waals surface area contributed by atoms with Gasteiger partial charge < -0.3 is 15.1 Å². The molecule has 1 atom stereocenters. The van der Waals surface area contributed by atoms with Crippen LogP contribution < -0.4 is 10.6 Å². The van der Waals surface area contributed by atoms with Gasteiger partial charge in [0.2, 0.25) is 0 Å². The molecule has 0 saturated heterocycles. The molecule has 0 bridgehead atoms. The van der Waals surface area contributed by atoms with Crippen LogP contribution in [0.25, 0.3) is 21.4 Å². The number of carbonyl (C=O) groups excluding carboxylic acids is 2. The minimum atomic E-state index is -0.286. The summed E-state index contributed by atoms with van der Waals surface area (Å²) in [5.41, 5.74) is 3.74. The average molecular weight is 510 g/mol. The van der Waals surface area contributed by atoms with Gasteiger partial charge in [-0.15, -0.1) is 11.3 Å². The van der Waals surface area contributed by atoms with Crippen LogP contribution in [-0.4, -0.2) is 29.4 Å². The highest BCUT2D eigenvalue weighted by Crippen LogP contribution is 2.30. The number of carbonyl (C=O) groups is 2. The molecule has 2 N–H and O–H groups in total. The molecule has 0 radical (unpaired) electrons. The fourth-order valence-electron chi connectivity index (χ4n) is 4.33. The van der Waals surface area contributed by atoms with Crippen LogP contribution in [0.5, 0.6) is 0 Å². The zero-order chi connectivity index (χ0) is 25.6. The predicted octanol–water partition coefficient (Wildman–Crippen LogP) is 6.03. The Bertz CT molecular complexity index is 1510. The van der Waals surface area contributed by atoms with Crippen LogP contribution >= 0.6 is 11.3 Å². The highest BCUT2D eigenvalue weighted by molar-refractivity contribution is 7.15. The molecule has 0 unspecified atom stereocenters. The van der Waals surface area contributed by atoms with Crippen molar-refractivity contribution in [3.8, 4) is 10.4 Å². The maximum absolute atomic E-state index is 13.4. The van der Waals surface area contributed by atoms with Gasteiger partial charge in [-0.3, -0.25) is 9.59 Å². The Morgan fingerprint density at radius 2 is 1.68 bits per heavy atom. The fraction of sp³-hybridized carbons (Fsp3) is 0.167. The van der Waals surface area contributed by atoms with E-state index in [9.17, 15) is 9.59 Å². The molecule has 2 aromatic heterocycles. The molecule has 0 aliphatic heterocycles. The van der Waals surface area contributed by atoms with E-state index in [4.69, 9.17) is 4.42 Å². The van der Waals surface area contributed by atoms with Crippen LogP contribution in [0.4, 0.5) is 0 Å². The summed E-state index contributed by atoms with van der Waals surface area (Å²) in [5, 5.41) is 7.74. The number of thiazole rings is 1. The Hall–Kier alpha value is -4.23. The minimum absolute atomic E-state index is 0.208. The first-order valence-electron chi connectivity index (χ1n) is 12.2. The Morgan fingerprint density at radius 3 is 2.46 bits per heavy atom. The van der Waals surface area contributed by atoms with E-state index in [1.807, 2.05) is 61.5 Å². The molecule has 6 nitrogen and oxygen atoms in total. The van der Waals surface area contributed by atoms with E-state index in [0.29, 0.717) is 23.3 Å². The second-order valence-corrected chi connectivity index (χ2v) is 10.0. The van der Waals surface area contributed by atoms with Crippen molar-refractivity contribution >= 4 is 34.1 Å². The number of hydrogen-bond acceptors (Lipinski definition) is 5. The second kappa shape index (κ2) is 11.2. The zero-order valence-corrected chi connectivity index (χ0v) is 21.3. The smallest absolute Gasteiger partial charge is 0.271 e. The summed E-state index contributed by atoms with van der Waals surface area (Å²) >= 11 is 1.50. The normalized spacial score (nSPS) is 11.8. The van der Waals surface area contributed by atoms with Crippen LogP contribution in [0.3, 0.4) is 0 Å². The van der Waals surface area contributed by atoms with Gasteiger partial charge in [0.05, 0.1) is 21.7 Å². The van der Waals surface area contributed by atoms with Crippen molar-refractivity contribution in [1.29, 1.82) is 0 Å². The maximum Gasteiger partial charge on any atom is 0.271 e. The van der Waals surface area contributed by atoms with Gasteiger partial charge in [0.1, 0.15) is 11.3 Å². The second-order valence-electron chi connectivity index (χ2n) is 8.82. The lowest BCUT2D eigenvalue weighted by Crippen LogP contribution is -2.44. The summed E-state index contributed by atoms with van der Waals surface area (Å²) < 4.78 is 5.43. The SMILES string of the molecule is Cc1nc(C(=O)N[C@@H](CCc2ccccc2)CNC(=O)c2cccc3occc23)c(-c2ccccc2)s1. The van der Waals surface area contributed by atoms with Gasteiger partial charge in [0, 0.05) is 18.0 Å². The van der Waals surface area contributed by atoms with Crippen molar-refractivity contribution in [3.05, 3.63) is 113 Å². The monoisotopic (exact) mass is 509 g/mol. The summed E-state index contributed by atoms with van der Waals surface area (Å²) in [6, 6.07) is 26.8. The number of furan rings is 1. The van der Waals surface area contributed by atoms with Crippen molar-refractivity contribution in [3.63, 3.8) is 0 Å². The molecule has 186 valence electrons. The lowest BCUT2D eigenvalue weighted by Gasteiger charge is -2.20. The van der Waals surface area contributed by atoms with Crippen molar-refractivity contribution in [2.75, 3.05) is 6.54 Å². The third kappa shape index (κ3) is 5.78. The number of aromatic nitrogens is 1. The van der Waals surface area contributed by atoms with Crippen LogP contribution in [0.1, 0.15) is 37.8 Å². The molecule has 0 saturated carbocycles. The summed E-state index contributed by atoms with van der Waals surface area (Å²) in [4.78, 5) is 31.9. The topological polar surface area (TPSA) is 84.2 Å². The van der Waals surface area contributed by atoms with E-state index in [1.165, 1.54) is 16.9 Å². The van der Waals surface area contributed by atoms with E-state index < -0.39 is 0 Å². The zero-order valence-electron chi connectivity index (χ0n) is 20.4. The molecule has 0 aliphatic rings. The third-order valence-corrected chi connectivity index (χ3v) is 7.21. The van der Waals surface area contributed by atoms with Crippen molar-refractivity contribution in [2.45, 2.75) is 25.8 Å². The lowest BCUT2D eigenvalue weighted by molar-refractivity contribution is 0.0905. The molecule has 2 amide bonds. The minimum Gasteiger partial charge on any atom is -0.464 e. The quantitative estimate of drug-likeness (QED) is 0.254. The molecule has 5 rings (SSSR count). The van der Waals surface area contributed by atoms with Gasteiger partial charge in [-0.05, 0) is 49.1 Å². The van der Waals surface area contributed by atoms with Crippen LogP contribution in [0.15, 0.2) is 95.6 Å². The number of aryl methyl sites for hydroxylation is 2. The Labute approximate surface area is 219 Å². The lowest BCUT2D eigenvalue weighted by atomic mass is 10.0. The van der Waals surface area contributed by atoms with Gasteiger partial charge in [-0.2, -0.15) is 0 Å². The summed E-state index contributed by atoms with van der Waals surface area (Å²) in [7, 11) is 0. The van der Waals surface area contributed by atoms with Crippen molar-refractivity contribution < 1.29 is 14.0 Å². The number of benzene rings is 3. The van der Waals surface area contributed by atoms with Gasteiger partial charge in [-0.1, -0.05) is 66.7 Å². The Kier molecular flexibility index (Phi) is 7.42. The van der Waals surface area contributed by atoms with Gasteiger partial charge in [-0.25, -0.2) is 4.98 Å². The fourth-order valence-corrected chi connectivity index (χ4v) is 5.26. The molecule has 0 fully saturated rings. The maximum atomic E-state index is 13.4. The molecule has 37 heavy (non-hydrogen) atoms. The third-order valence-electron chi connectivity index (χ3n) is 6.19. The number of nitrogens with zero attached hydrogens (tertiary/aromatic N) is 1. The first-order chi connectivity index (χ1) is 18.1. The number of rotatable bonds is 9. The highest BCUT2D eigenvalue weighted by Gasteiger charge is 2.22. The van der Waals surface area contributed by atoms with Gasteiger partial charge in [0.15, 0.2) is 0 Å². The molecule has 3 aromatic carbocycles. The summed E-state index contributed by atoms with van der Waals surface area (Å²) in [6.07, 6.45) is 3.00. The molecule has 7 heteroatoms. The van der Waals surface area contributed by atoms with Crippen LogP contribution in [0, 0.1) is 6.92 Å². The van der Waals surface area contributed by atoms with Crippen LogP contribution in [-0.2, 0) is 6.42 Å². The highest BCUT2D eigenvalue weighted by atomic mass is 32.1. The summed E-state index contributed by atoms with van der Waals surface area (Å²) in [6.45, 7) is 2.19. The van der Waals surface area contributed by atoms with Gasteiger partial charge in [0.25, 0.3) is 11.8 Å². The van der Waals surface area contributed by atoms with Crippen molar-refractivity contribution in [2.24, 2.45) is 0 Å². The average Bonchev–Trinajstić information content (AvgIpc) is 3.57. The Balaban J connectivity index is 1.34. The predicted molar refractivity (Wildman–Crippen MR) is 147 cm³/mol. The first kappa shape index (κ1) is 24.5. The first-order valence-corrected chi connectivity index (χ1v) is 13.0. The molecule has 0 aliphatic carbocycles. The molecular weight excluding hydrogens is 482 g/mol. The largest absolute Gasteiger partial charge is 0.464 e. The van der Waals surface area contributed by atoms with E-state index >= 15 is 0 Å². The number of amides is 2. The van der Waals surface area contributed by atoms with E-state index in [0.717, 1.165) is 27.3 Å². The van der Waals surface area contributed by atoms with Crippen molar-refractivity contribution in [1.82, 2.24) is 15.6 Å². The molecule has 2 heterocycles. The summed E-state index contributed by atoms with van der Waals surface area (Å²) in [5.74, 6) is -0.451. The van der Waals surface area contributed by atoms with E-state index in [1.54, 1.807) is 24.5 Å². The number of hydrogen-bond donors (Lipinski definition) is 2. The molecule has 0 spiro atoms. The molecular formula is C30H27N3O3S. The van der Waals surface area contributed by atoms with E-state index in [-0.39, 0.29) is 24.4 Å². The number of fused-ring (bicyclic) bond motifs is 1. The standard InChI is InChI=1S/C30H27N3O3S/c1-20-32-27(28(37-20)22-11-6-3-7-12-22)30(35)33-23(16-15-21-9-4-2-5-10-21)19-31-29(34)25-13-8-14-26-24(25)17-18-36-26/h2-14,17-18,23H,15-16,19H2,1H3,(H,31,34)(H,33,35)/t23-/m0/s1. The van der Waals surface area contributed by atoms with Crippen LogP contribution in [0.2, 0.25) is 0 Å². The van der Waals surface area contributed by atoms with Gasteiger partial charge >= 0.3 is 0 Å². The Morgan fingerprint density at radius 1 is 0.919 bits per heavy atom.